The summed E-state index contributed by atoms with van der Waals surface area (Å²) < 4.78 is 0. The minimum atomic E-state index is -0.00858. The normalized spacial score (nSPS) is 10.4. The number of likely N-dealkylation sites (N-methyl/N-ethyl adjacent to an activating group) is 1. The van der Waals surface area contributed by atoms with Crippen LogP contribution in [0.2, 0.25) is 0 Å². The van der Waals surface area contributed by atoms with Crippen molar-refractivity contribution in [3.8, 4) is 0 Å². The summed E-state index contributed by atoms with van der Waals surface area (Å²) in [6.07, 6.45) is 2.42. The van der Waals surface area contributed by atoms with Crippen molar-refractivity contribution < 1.29 is 4.79 Å². The zero-order valence-electron chi connectivity index (χ0n) is 12.5. The molecule has 2 rings (SSSR count). The lowest BCUT2D eigenvalue weighted by atomic mass is 10.1. The molecule has 0 spiro atoms. The molecule has 4 heteroatoms. The van der Waals surface area contributed by atoms with Crippen molar-refractivity contribution in [1.82, 2.24) is 9.88 Å². The maximum Gasteiger partial charge on any atom is 0.255 e. The Bertz CT molecular complexity index is 611. The van der Waals surface area contributed by atoms with Crippen LogP contribution in [-0.4, -0.2) is 28.9 Å². The molecule has 0 unspecified atom stereocenters. The van der Waals surface area contributed by atoms with E-state index in [1.807, 2.05) is 36.9 Å². The van der Waals surface area contributed by atoms with E-state index in [2.05, 4.69) is 17.1 Å². The predicted octanol–water partition coefficient (Wildman–Crippen LogP) is 2.68. The number of rotatable bonds is 5. The van der Waals surface area contributed by atoms with Gasteiger partial charge in [-0.15, -0.1) is 0 Å². The van der Waals surface area contributed by atoms with Gasteiger partial charge in [-0.05, 0) is 31.9 Å². The standard InChI is InChI=1S/C17H21N3O/c1-3-20(10-9-14-7-5-4-6-8-14)17(21)16-11-15(18)12-19-13(16)2/h4-8,11-12H,3,9-10,18H2,1-2H3. The highest BCUT2D eigenvalue weighted by Gasteiger charge is 2.17. The summed E-state index contributed by atoms with van der Waals surface area (Å²) in [5, 5.41) is 0. The summed E-state index contributed by atoms with van der Waals surface area (Å²) in [6.45, 7) is 5.17. The number of nitrogens with two attached hydrogens (primary N) is 1. The number of pyridine rings is 1. The molecule has 1 heterocycles. The van der Waals surface area contributed by atoms with Crippen molar-refractivity contribution in [1.29, 1.82) is 0 Å². The average Bonchev–Trinajstić information content (AvgIpc) is 2.51. The molecule has 2 N–H and O–H groups in total. The van der Waals surface area contributed by atoms with Gasteiger partial charge in [0, 0.05) is 13.1 Å². The zero-order chi connectivity index (χ0) is 15.2. The maximum absolute atomic E-state index is 12.6. The summed E-state index contributed by atoms with van der Waals surface area (Å²) in [6, 6.07) is 11.9. The van der Waals surface area contributed by atoms with E-state index in [0.29, 0.717) is 30.0 Å². The number of anilines is 1. The molecule has 0 aliphatic rings. The van der Waals surface area contributed by atoms with E-state index in [9.17, 15) is 4.79 Å². The minimum absolute atomic E-state index is 0.00858. The first-order valence-electron chi connectivity index (χ1n) is 7.17. The maximum atomic E-state index is 12.6. The Kier molecular flexibility index (Phi) is 4.93. The fourth-order valence-electron chi connectivity index (χ4n) is 2.25. The van der Waals surface area contributed by atoms with Crippen molar-refractivity contribution in [3.05, 3.63) is 59.4 Å². The van der Waals surface area contributed by atoms with Crippen LogP contribution in [0, 0.1) is 6.92 Å². The molecule has 1 amide bonds. The number of benzene rings is 1. The van der Waals surface area contributed by atoms with E-state index < -0.39 is 0 Å². The molecule has 4 nitrogen and oxygen atoms in total. The molecule has 110 valence electrons. The molecule has 0 bridgehead atoms. The number of amides is 1. The fourth-order valence-corrected chi connectivity index (χ4v) is 2.25. The number of nitrogen functional groups attached to an aromatic ring is 1. The number of hydrogen-bond donors (Lipinski definition) is 1. The molecule has 0 saturated carbocycles. The second kappa shape index (κ2) is 6.88. The van der Waals surface area contributed by atoms with Crippen LogP contribution in [0.1, 0.15) is 28.5 Å². The molecule has 0 aliphatic carbocycles. The van der Waals surface area contributed by atoms with Crippen LogP contribution < -0.4 is 5.73 Å². The minimum Gasteiger partial charge on any atom is -0.397 e. The van der Waals surface area contributed by atoms with Crippen molar-refractivity contribution in [2.24, 2.45) is 0 Å². The van der Waals surface area contributed by atoms with Crippen LogP contribution in [0.3, 0.4) is 0 Å². The van der Waals surface area contributed by atoms with Crippen LogP contribution in [0.25, 0.3) is 0 Å². The van der Waals surface area contributed by atoms with Gasteiger partial charge in [-0.1, -0.05) is 30.3 Å². The average molecular weight is 283 g/mol. The molecule has 0 atom stereocenters. The quantitative estimate of drug-likeness (QED) is 0.917. The Hall–Kier alpha value is -2.36. The van der Waals surface area contributed by atoms with Crippen LogP contribution in [0.5, 0.6) is 0 Å². The Morgan fingerprint density at radius 3 is 2.67 bits per heavy atom. The highest BCUT2D eigenvalue weighted by molar-refractivity contribution is 5.96. The molecular formula is C17H21N3O. The summed E-state index contributed by atoms with van der Waals surface area (Å²) in [5.74, 6) is -0.00858. The molecule has 1 aromatic carbocycles. The Labute approximate surface area is 125 Å². The summed E-state index contributed by atoms with van der Waals surface area (Å²) in [7, 11) is 0. The van der Waals surface area contributed by atoms with Gasteiger partial charge in [-0.3, -0.25) is 9.78 Å². The highest BCUT2D eigenvalue weighted by Crippen LogP contribution is 2.13. The van der Waals surface area contributed by atoms with Gasteiger partial charge in [0.15, 0.2) is 0 Å². The van der Waals surface area contributed by atoms with Crippen LogP contribution in [0.4, 0.5) is 5.69 Å². The monoisotopic (exact) mass is 283 g/mol. The second-order valence-corrected chi connectivity index (χ2v) is 5.02. The van der Waals surface area contributed by atoms with Gasteiger partial charge < -0.3 is 10.6 Å². The Morgan fingerprint density at radius 1 is 1.29 bits per heavy atom. The fraction of sp³-hybridized carbons (Fsp3) is 0.294. The van der Waals surface area contributed by atoms with Gasteiger partial charge in [0.25, 0.3) is 5.91 Å². The molecule has 0 fully saturated rings. The molecule has 0 radical (unpaired) electrons. The SMILES string of the molecule is CCN(CCc1ccccc1)C(=O)c1cc(N)cnc1C. The number of carbonyl (C=O) groups is 1. The lowest BCUT2D eigenvalue weighted by Crippen LogP contribution is -2.33. The first-order chi connectivity index (χ1) is 10.1. The van der Waals surface area contributed by atoms with E-state index in [4.69, 9.17) is 5.73 Å². The number of aryl methyl sites for hydroxylation is 1. The lowest BCUT2D eigenvalue weighted by molar-refractivity contribution is 0.0765. The van der Waals surface area contributed by atoms with Crippen LogP contribution in [0.15, 0.2) is 42.6 Å². The summed E-state index contributed by atoms with van der Waals surface area (Å²) >= 11 is 0. The molecule has 0 aliphatic heterocycles. The Morgan fingerprint density at radius 2 is 2.00 bits per heavy atom. The molecule has 21 heavy (non-hydrogen) atoms. The van der Waals surface area contributed by atoms with Crippen LogP contribution in [-0.2, 0) is 6.42 Å². The molecule has 2 aromatic rings. The second-order valence-electron chi connectivity index (χ2n) is 5.02. The molecule has 1 aromatic heterocycles. The zero-order valence-corrected chi connectivity index (χ0v) is 12.5. The lowest BCUT2D eigenvalue weighted by Gasteiger charge is -2.21. The van der Waals surface area contributed by atoms with Gasteiger partial charge in [0.2, 0.25) is 0 Å². The van der Waals surface area contributed by atoms with Gasteiger partial charge in [-0.2, -0.15) is 0 Å². The third-order valence-electron chi connectivity index (χ3n) is 3.52. The van der Waals surface area contributed by atoms with Crippen molar-refractivity contribution in [3.63, 3.8) is 0 Å². The predicted molar refractivity (Wildman–Crippen MR) is 85.1 cm³/mol. The topological polar surface area (TPSA) is 59.2 Å². The number of carbonyl (C=O) groups excluding carboxylic acids is 1. The number of hydrogen-bond acceptors (Lipinski definition) is 3. The van der Waals surface area contributed by atoms with Gasteiger partial charge in [0.1, 0.15) is 0 Å². The number of nitrogens with zero attached hydrogens (tertiary/aromatic N) is 2. The van der Waals surface area contributed by atoms with Gasteiger partial charge >= 0.3 is 0 Å². The first kappa shape index (κ1) is 15.0. The van der Waals surface area contributed by atoms with E-state index >= 15 is 0 Å². The Balaban J connectivity index is 2.10. The summed E-state index contributed by atoms with van der Waals surface area (Å²) in [5.41, 5.74) is 8.79. The first-order valence-corrected chi connectivity index (χ1v) is 7.17. The highest BCUT2D eigenvalue weighted by atomic mass is 16.2. The molecular weight excluding hydrogens is 262 g/mol. The van der Waals surface area contributed by atoms with Gasteiger partial charge in [0.05, 0.1) is 23.1 Å². The van der Waals surface area contributed by atoms with Gasteiger partial charge in [-0.25, -0.2) is 0 Å². The van der Waals surface area contributed by atoms with E-state index in [-0.39, 0.29) is 5.91 Å². The largest absolute Gasteiger partial charge is 0.397 e. The van der Waals surface area contributed by atoms with E-state index in [0.717, 1.165) is 6.42 Å². The van der Waals surface area contributed by atoms with Crippen molar-refractivity contribution in [2.45, 2.75) is 20.3 Å². The third kappa shape index (κ3) is 3.81. The van der Waals surface area contributed by atoms with Crippen molar-refractivity contribution >= 4 is 11.6 Å². The number of aromatic nitrogens is 1. The smallest absolute Gasteiger partial charge is 0.255 e. The van der Waals surface area contributed by atoms with E-state index in [1.165, 1.54) is 5.56 Å². The summed E-state index contributed by atoms with van der Waals surface area (Å²) in [4.78, 5) is 18.6. The third-order valence-corrected chi connectivity index (χ3v) is 3.52. The molecule has 0 saturated heterocycles. The van der Waals surface area contributed by atoms with E-state index in [1.54, 1.807) is 12.3 Å². The van der Waals surface area contributed by atoms with Crippen molar-refractivity contribution in [2.75, 3.05) is 18.8 Å². The van der Waals surface area contributed by atoms with Crippen LogP contribution >= 0.6 is 0 Å².